The number of nitro groups is 1. The molecule has 0 amide bonds. The predicted octanol–water partition coefficient (Wildman–Crippen LogP) is 2.73. The smallest absolute Gasteiger partial charge is 0.269 e. The number of benzene rings is 2. The zero-order valence-electron chi connectivity index (χ0n) is 12.5. The quantitative estimate of drug-likeness (QED) is 0.336. The van der Waals surface area contributed by atoms with E-state index >= 15 is 0 Å². The molecule has 0 aliphatic carbocycles. The fourth-order valence-corrected chi connectivity index (χ4v) is 2.28. The number of nitro benzene ring substituents is 1. The van der Waals surface area contributed by atoms with Crippen LogP contribution in [0.2, 0.25) is 0 Å². The summed E-state index contributed by atoms with van der Waals surface area (Å²) in [4.78, 5) is 14.1. The van der Waals surface area contributed by atoms with E-state index in [0.717, 1.165) is 16.7 Å². The predicted molar refractivity (Wildman–Crippen MR) is 86.9 cm³/mol. The van der Waals surface area contributed by atoms with Crippen LogP contribution in [0.3, 0.4) is 0 Å². The molecule has 8 heteroatoms. The maximum absolute atomic E-state index is 10.7. The van der Waals surface area contributed by atoms with Gasteiger partial charge >= 0.3 is 0 Å². The third-order valence-electron chi connectivity index (χ3n) is 3.53. The molecule has 8 nitrogen and oxygen atoms in total. The summed E-state index contributed by atoms with van der Waals surface area (Å²) in [5.74, 6) is 0. The summed E-state index contributed by atoms with van der Waals surface area (Å²) in [7, 11) is 0. The van der Waals surface area contributed by atoms with Crippen LogP contribution in [-0.4, -0.2) is 30.6 Å². The Bertz CT molecular complexity index is 856. The van der Waals surface area contributed by atoms with E-state index in [9.17, 15) is 15.3 Å². The van der Waals surface area contributed by atoms with Gasteiger partial charge in [-0.25, -0.2) is 9.67 Å². The summed E-state index contributed by atoms with van der Waals surface area (Å²) in [5.41, 5.74) is 3.03. The van der Waals surface area contributed by atoms with E-state index in [1.165, 1.54) is 24.8 Å². The van der Waals surface area contributed by atoms with E-state index in [1.54, 1.807) is 16.8 Å². The van der Waals surface area contributed by atoms with Crippen molar-refractivity contribution < 1.29 is 10.1 Å². The summed E-state index contributed by atoms with van der Waals surface area (Å²) >= 11 is 0. The Labute approximate surface area is 136 Å². The summed E-state index contributed by atoms with van der Waals surface area (Å²) < 4.78 is 1.55. The molecule has 3 aromatic rings. The number of rotatable bonds is 5. The van der Waals surface area contributed by atoms with Crippen molar-refractivity contribution in [2.24, 2.45) is 5.16 Å². The molecule has 1 N–H and O–H groups in total. The fourth-order valence-electron chi connectivity index (χ4n) is 2.28. The second-order valence-corrected chi connectivity index (χ2v) is 5.02. The van der Waals surface area contributed by atoms with Crippen molar-refractivity contribution in [1.82, 2.24) is 14.8 Å². The van der Waals surface area contributed by atoms with Crippen molar-refractivity contribution in [1.29, 1.82) is 0 Å². The lowest BCUT2D eigenvalue weighted by atomic mass is 10.0. The number of hydrogen-bond donors (Lipinski definition) is 1. The lowest BCUT2D eigenvalue weighted by molar-refractivity contribution is -0.384. The number of non-ortho nitro benzene ring substituents is 1. The molecule has 0 aliphatic rings. The van der Waals surface area contributed by atoms with Gasteiger partial charge in [0.15, 0.2) is 0 Å². The van der Waals surface area contributed by atoms with Crippen molar-refractivity contribution in [3.8, 4) is 11.1 Å². The van der Waals surface area contributed by atoms with Crippen LogP contribution in [-0.2, 0) is 6.54 Å². The molecule has 0 saturated heterocycles. The average molecular weight is 323 g/mol. The molecule has 3 rings (SSSR count). The number of aromatic nitrogens is 3. The Morgan fingerprint density at radius 2 is 1.75 bits per heavy atom. The van der Waals surface area contributed by atoms with Gasteiger partial charge in [-0.3, -0.25) is 10.1 Å². The maximum Gasteiger partial charge on any atom is 0.269 e. The fraction of sp³-hybridized carbons (Fsp3) is 0.0625. The van der Waals surface area contributed by atoms with Crippen LogP contribution in [0.25, 0.3) is 11.1 Å². The van der Waals surface area contributed by atoms with E-state index in [0.29, 0.717) is 12.3 Å². The van der Waals surface area contributed by atoms with Crippen LogP contribution in [0.4, 0.5) is 5.69 Å². The minimum absolute atomic E-state index is 0.0536. The summed E-state index contributed by atoms with van der Waals surface area (Å²) in [6.45, 7) is 0.299. The Hall–Kier alpha value is -3.55. The molecule has 0 atom stereocenters. The lowest BCUT2D eigenvalue weighted by Gasteiger charge is -2.06. The topological polar surface area (TPSA) is 106 Å². The van der Waals surface area contributed by atoms with Crippen molar-refractivity contribution in [2.75, 3.05) is 0 Å². The highest BCUT2D eigenvalue weighted by atomic mass is 16.6. The van der Waals surface area contributed by atoms with Crippen LogP contribution in [0.15, 0.2) is 66.3 Å². The van der Waals surface area contributed by atoms with Gasteiger partial charge in [0.1, 0.15) is 18.4 Å². The Kier molecular flexibility index (Phi) is 4.28. The van der Waals surface area contributed by atoms with E-state index < -0.39 is 4.92 Å². The molecule has 2 aromatic carbocycles. The van der Waals surface area contributed by atoms with Crippen LogP contribution >= 0.6 is 0 Å². The van der Waals surface area contributed by atoms with E-state index in [-0.39, 0.29) is 5.69 Å². The second-order valence-electron chi connectivity index (χ2n) is 5.02. The van der Waals surface area contributed by atoms with Crippen LogP contribution in [0.1, 0.15) is 5.56 Å². The van der Waals surface area contributed by atoms with Gasteiger partial charge in [-0.2, -0.15) is 5.10 Å². The van der Waals surface area contributed by atoms with Gasteiger partial charge in [0.25, 0.3) is 5.69 Å². The van der Waals surface area contributed by atoms with Gasteiger partial charge in [-0.05, 0) is 23.3 Å². The zero-order chi connectivity index (χ0) is 16.9. The first-order valence-corrected chi connectivity index (χ1v) is 7.06. The van der Waals surface area contributed by atoms with Gasteiger partial charge in [-0.15, -0.1) is 0 Å². The molecule has 0 bridgehead atoms. The Morgan fingerprint density at radius 3 is 2.25 bits per heavy atom. The molecule has 0 unspecified atom stereocenters. The molecule has 0 aliphatic heterocycles. The molecule has 0 saturated carbocycles. The van der Waals surface area contributed by atoms with E-state index in [2.05, 4.69) is 15.2 Å². The third-order valence-corrected chi connectivity index (χ3v) is 3.53. The lowest BCUT2D eigenvalue weighted by Crippen LogP contribution is -2.12. The van der Waals surface area contributed by atoms with Gasteiger partial charge in [0.05, 0.1) is 11.5 Å². The molecule has 0 fully saturated rings. The van der Waals surface area contributed by atoms with Crippen LogP contribution in [0.5, 0.6) is 0 Å². The highest BCUT2D eigenvalue weighted by Gasteiger charge is 2.08. The number of nitrogens with zero attached hydrogens (tertiary/aromatic N) is 5. The largest absolute Gasteiger partial charge is 0.411 e. The molecular weight excluding hydrogens is 310 g/mol. The van der Waals surface area contributed by atoms with Crippen LogP contribution in [0, 0.1) is 10.1 Å². The SMILES string of the molecule is O=[N+]([O-])c1ccc(-c2ccc(C(Cn3cncn3)=NO)cc2)cc1. The molecule has 24 heavy (non-hydrogen) atoms. The Balaban J connectivity index is 1.80. The van der Waals surface area contributed by atoms with Crippen molar-refractivity contribution in [3.05, 3.63) is 76.9 Å². The monoisotopic (exact) mass is 323 g/mol. The third kappa shape index (κ3) is 3.27. The molecule has 0 radical (unpaired) electrons. The summed E-state index contributed by atoms with van der Waals surface area (Å²) in [5, 5.41) is 27.2. The molecule has 120 valence electrons. The van der Waals surface area contributed by atoms with Crippen molar-refractivity contribution in [2.45, 2.75) is 6.54 Å². The maximum atomic E-state index is 10.7. The standard InChI is InChI=1S/C16H13N5O3/c22-19-16(9-20-11-17-10-18-20)14-3-1-12(2-4-14)13-5-7-15(8-6-13)21(23)24/h1-8,10-11,22H,9H2. The minimum Gasteiger partial charge on any atom is -0.411 e. The summed E-state index contributed by atoms with van der Waals surface area (Å²) in [6, 6.07) is 13.7. The van der Waals surface area contributed by atoms with Crippen molar-refractivity contribution in [3.63, 3.8) is 0 Å². The van der Waals surface area contributed by atoms with Gasteiger partial charge in [-0.1, -0.05) is 29.4 Å². The van der Waals surface area contributed by atoms with Gasteiger partial charge < -0.3 is 5.21 Å². The van der Waals surface area contributed by atoms with Crippen molar-refractivity contribution >= 4 is 11.4 Å². The normalized spacial score (nSPS) is 11.4. The molecule has 0 spiro atoms. The second kappa shape index (κ2) is 6.69. The molecule has 1 aromatic heterocycles. The highest BCUT2D eigenvalue weighted by molar-refractivity contribution is 6.00. The minimum atomic E-state index is -0.430. The number of oxime groups is 1. The highest BCUT2D eigenvalue weighted by Crippen LogP contribution is 2.23. The van der Waals surface area contributed by atoms with Gasteiger partial charge in [0, 0.05) is 17.7 Å². The molecular formula is C16H13N5O3. The Morgan fingerprint density at radius 1 is 1.12 bits per heavy atom. The zero-order valence-corrected chi connectivity index (χ0v) is 12.5. The van der Waals surface area contributed by atoms with E-state index in [4.69, 9.17) is 0 Å². The first-order valence-electron chi connectivity index (χ1n) is 7.06. The first kappa shape index (κ1) is 15.3. The average Bonchev–Trinajstić information content (AvgIpc) is 3.13. The summed E-state index contributed by atoms with van der Waals surface area (Å²) in [6.07, 6.45) is 2.95. The molecule has 1 heterocycles. The van der Waals surface area contributed by atoms with E-state index in [1.807, 2.05) is 24.3 Å². The van der Waals surface area contributed by atoms with Gasteiger partial charge in [0.2, 0.25) is 0 Å². The first-order chi connectivity index (χ1) is 11.7. The number of hydrogen-bond acceptors (Lipinski definition) is 6. The van der Waals surface area contributed by atoms with Crippen LogP contribution < -0.4 is 0 Å².